The minimum Gasteiger partial charge on any atom is -0.469 e. The summed E-state index contributed by atoms with van der Waals surface area (Å²) in [5.41, 5.74) is 1.40. The Labute approximate surface area is 129 Å². The van der Waals surface area contributed by atoms with E-state index in [1.807, 2.05) is 36.4 Å². The minimum atomic E-state index is -0.0924. The molecule has 0 atom stereocenters. The highest BCUT2D eigenvalue weighted by Gasteiger charge is 2.09. The van der Waals surface area contributed by atoms with Gasteiger partial charge in [0.05, 0.1) is 10.9 Å². The number of hydrogen-bond acceptors (Lipinski definition) is 4. The molecule has 0 fully saturated rings. The Hall–Kier alpha value is -2.27. The fourth-order valence-electron chi connectivity index (χ4n) is 1.95. The van der Waals surface area contributed by atoms with Crippen LogP contribution >= 0.6 is 15.9 Å². The summed E-state index contributed by atoms with van der Waals surface area (Å²) in [6.07, 6.45) is 1.43. The maximum Gasteiger partial charge on any atom is 0.224 e. The van der Waals surface area contributed by atoms with Crippen molar-refractivity contribution in [1.29, 1.82) is 0 Å². The van der Waals surface area contributed by atoms with Gasteiger partial charge in [-0.1, -0.05) is 40.2 Å². The van der Waals surface area contributed by atoms with E-state index in [1.54, 1.807) is 12.1 Å². The summed E-state index contributed by atoms with van der Waals surface area (Å²) in [7, 11) is 0. The van der Waals surface area contributed by atoms with Crippen LogP contribution in [0.2, 0.25) is 0 Å². The topological polar surface area (TPSA) is 52.1 Å². The molecule has 1 heterocycles. The first kappa shape index (κ1) is 13.7. The highest BCUT2D eigenvalue weighted by atomic mass is 79.9. The van der Waals surface area contributed by atoms with Crippen LogP contribution < -0.4 is 4.74 Å². The van der Waals surface area contributed by atoms with E-state index in [-0.39, 0.29) is 12.4 Å². The molecule has 0 unspecified atom stereocenters. The van der Waals surface area contributed by atoms with Crippen molar-refractivity contribution in [3.05, 3.63) is 64.9 Å². The van der Waals surface area contributed by atoms with E-state index in [1.165, 1.54) is 6.33 Å². The fraction of sp³-hybridized carbons (Fsp3) is 0.0625. The van der Waals surface area contributed by atoms with Gasteiger partial charge in [-0.15, -0.1) is 0 Å². The van der Waals surface area contributed by atoms with Crippen LogP contribution in [0.4, 0.5) is 0 Å². The largest absolute Gasteiger partial charge is 0.469 e. The van der Waals surface area contributed by atoms with E-state index < -0.39 is 0 Å². The van der Waals surface area contributed by atoms with Crippen LogP contribution in [-0.4, -0.2) is 22.4 Å². The zero-order chi connectivity index (χ0) is 14.7. The van der Waals surface area contributed by atoms with Gasteiger partial charge in [0.2, 0.25) is 5.88 Å². The number of halogens is 1. The first-order valence-electron chi connectivity index (χ1n) is 6.35. The molecule has 0 aliphatic carbocycles. The van der Waals surface area contributed by atoms with Crippen LogP contribution in [0.15, 0.2) is 59.3 Å². The van der Waals surface area contributed by atoms with E-state index in [4.69, 9.17) is 4.74 Å². The van der Waals surface area contributed by atoms with Gasteiger partial charge in [-0.3, -0.25) is 4.79 Å². The Bertz CT molecular complexity index is 782. The molecule has 0 aliphatic heterocycles. The van der Waals surface area contributed by atoms with Crippen LogP contribution in [0, 0.1) is 0 Å². The number of nitrogens with zero attached hydrogens (tertiary/aromatic N) is 2. The Morgan fingerprint density at radius 2 is 1.81 bits per heavy atom. The van der Waals surface area contributed by atoms with E-state index in [9.17, 15) is 4.79 Å². The summed E-state index contributed by atoms with van der Waals surface area (Å²) >= 11 is 3.34. The van der Waals surface area contributed by atoms with Crippen molar-refractivity contribution >= 4 is 32.6 Å². The number of para-hydroxylation sites is 1. The third-order valence-electron chi connectivity index (χ3n) is 3.01. The van der Waals surface area contributed by atoms with Crippen LogP contribution in [0.5, 0.6) is 5.88 Å². The minimum absolute atomic E-state index is 0.0529. The van der Waals surface area contributed by atoms with Crippen molar-refractivity contribution in [3.8, 4) is 5.88 Å². The third-order valence-corrected chi connectivity index (χ3v) is 3.54. The highest BCUT2D eigenvalue weighted by molar-refractivity contribution is 9.10. The maximum atomic E-state index is 12.1. The molecule has 5 heteroatoms. The summed E-state index contributed by atoms with van der Waals surface area (Å²) in [4.78, 5) is 20.3. The van der Waals surface area contributed by atoms with Gasteiger partial charge in [-0.25, -0.2) is 9.97 Å². The molecule has 0 radical (unpaired) electrons. The maximum absolute atomic E-state index is 12.1. The predicted octanol–water partition coefficient (Wildman–Crippen LogP) is 3.65. The van der Waals surface area contributed by atoms with E-state index in [0.717, 1.165) is 15.4 Å². The van der Waals surface area contributed by atoms with Gasteiger partial charge < -0.3 is 4.74 Å². The normalized spacial score (nSPS) is 10.5. The molecule has 0 saturated carbocycles. The number of ketones is 1. The van der Waals surface area contributed by atoms with Crippen molar-refractivity contribution < 1.29 is 9.53 Å². The molecule has 21 heavy (non-hydrogen) atoms. The van der Waals surface area contributed by atoms with Gasteiger partial charge in [0.25, 0.3) is 0 Å². The molecule has 0 aliphatic rings. The second kappa shape index (κ2) is 6.01. The monoisotopic (exact) mass is 342 g/mol. The number of ether oxygens (including phenoxy) is 1. The summed E-state index contributed by atoms with van der Waals surface area (Å²) in [5.74, 6) is 0.330. The van der Waals surface area contributed by atoms with Crippen LogP contribution in [0.1, 0.15) is 10.4 Å². The average molecular weight is 343 g/mol. The summed E-state index contributed by atoms with van der Waals surface area (Å²) in [5, 5.41) is 0.795. The van der Waals surface area contributed by atoms with Gasteiger partial charge >= 0.3 is 0 Å². The zero-order valence-corrected chi connectivity index (χ0v) is 12.6. The second-order valence-corrected chi connectivity index (χ2v) is 5.33. The van der Waals surface area contributed by atoms with Crippen molar-refractivity contribution in [2.45, 2.75) is 0 Å². The van der Waals surface area contributed by atoms with Crippen LogP contribution in [-0.2, 0) is 0 Å². The lowest BCUT2D eigenvalue weighted by Crippen LogP contribution is -2.12. The Morgan fingerprint density at radius 3 is 2.62 bits per heavy atom. The van der Waals surface area contributed by atoms with E-state index >= 15 is 0 Å². The fourth-order valence-corrected chi connectivity index (χ4v) is 2.21. The van der Waals surface area contributed by atoms with Gasteiger partial charge in [0.15, 0.2) is 12.4 Å². The number of benzene rings is 2. The lowest BCUT2D eigenvalue weighted by atomic mass is 10.1. The molecule has 3 rings (SSSR count). The number of fused-ring (bicyclic) bond motifs is 1. The predicted molar refractivity (Wildman–Crippen MR) is 83.5 cm³/mol. The molecule has 1 aromatic heterocycles. The molecule has 104 valence electrons. The molecule has 4 nitrogen and oxygen atoms in total. The van der Waals surface area contributed by atoms with Crippen LogP contribution in [0.25, 0.3) is 10.9 Å². The molecule has 0 saturated heterocycles. The van der Waals surface area contributed by atoms with Gasteiger partial charge in [-0.05, 0) is 24.3 Å². The number of hydrogen-bond donors (Lipinski definition) is 0. The quantitative estimate of drug-likeness (QED) is 0.679. The Balaban J connectivity index is 1.77. The summed E-state index contributed by atoms with van der Waals surface area (Å²) in [6, 6.07) is 14.7. The summed E-state index contributed by atoms with van der Waals surface area (Å²) < 4.78 is 6.49. The lowest BCUT2D eigenvalue weighted by molar-refractivity contribution is 0.0919. The lowest BCUT2D eigenvalue weighted by Gasteiger charge is -2.07. The standard InChI is InChI=1S/C16H11BrN2O2/c17-12-7-5-11(6-8-12)15(20)9-21-16-13-3-1-2-4-14(13)18-10-19-16/h1-8,10H,9H2. The molecule has 0 N–H and O–H groups in total. The van der Waals surface area contributed by atoms with Crippen LogP contribution in [0.3, 0.4) is 0 Å². The van der Waals surface area contributed by atoms with Gasteiger partial charge in [0.1, 0.15) is 6.33 Å². The smallest absolute Gasteiger partial charge is 0.224 e. The molecular weight excluding hydrogens is 332 g/mol. The molecule has 0 amide bonds. The molecule has 2 aromatic carbocycles. The number of carbonyl (C=O) groups is 1. The number of carbonyl (C=O) groups excluding carboxylic acids is 1. The summed E-state index contributed by atoms with van der Waals surface area (Å²) in [6.45, 7) is -0.0529. The molecular formula is C16H11BrN2O2. The SMILES string of the molecule is O=C(COc1ncnc2ccccc12)c1ccc(Br)cc1. The zero-order valence-electron chi connectivity index (χ0n) is 11.0. The highest BCUT2D eigenvalue weighted by Crippen LogP contribution is 2.20. The van der Waals surface area contributed by atoms with Crippen molar-refractivity contribution in [2.75, 3.05) is 6.61 Å². The van der Waals surface area contributed by atoms with Crippen molar-refractivity contribution in [2.24, 2.45) is 0 Å². The first-order chi connectivity index (χ1) is 10.2. The van der Waals surface area contributed by atoms with Crippen molar-refractivity contribution in [1.82, 2.24) is 9.97 Å². The second-order valence-electron chi connectivity index (χ2n) is 4.41. The van der Waals surface area contributed by atoms with Gasteiger partial charge in [0, 0.05) is 10.0 Å². The number of rotatable bonds is 4. The molecule has 3 aromatic rings. The molecule has 0 spiro atoms. The first-order valence-corrected chi connectivity index (χ1v) is 7.14. The molecule has 0 bridgehead atoms. The number of Topliss-reactive ketones (excluding diaryl/α,β-unsaturated/α-hetero) is 1. The van der Waals surface area contributed by atoms with E-state index in [0.29, 0.717) is 11.4 Å². The van der Waals surface area contributed by atoms with Gasteiger partial charge in [-0.2, -0.15) is 0 Å². The third kappa shape index (κ3) is 3.08. The van der Waals surface area contributed by atoms with E-state index in [2.05, 4.69) is 25.9 Å². The Morgan fingerprint density at radius 1 is 1.05 bits per heavy atom. The van der Waals surface area contributed by atoms with Crippen molar-refractivity contribution in [3.63, 3.8) is 0 Å². The average Bonchev–Trinajstić information content (AvgIpc) is 2.53. The Kier molecular flexibility index (Phi) is 3.92. The number of aromatic nitrogens is 2.